The van der Waals surface area contributed by atoms with Crippen molar-refractivity contribution < 1.29 is 29.0 Å². The number of hydrogen-bond donors (Lipinski definition) is 1. The fraction of sp³-hybridized carbons (Fsp3) is 0.267. The monoisotopic (exact) mass is 292 g/mol. The fourth-order valence-electron chi connectivity index (χ4n) is 1.34. The van der Waals surface area contributed by atoms with Crippen molar-refractivity contribution in [1.82, 2.24) is 0 Å². The van der Waals surface area contributed by atoms with Crippen molar-refractivity contribution in [3.05, 3.63) is 48.0 Å². The van der Waals surface area contributed by atoms with Crippen LogP contribution < -0.4 is 0 Å². The third kappa shape index (κ3) is 5.90. The van der Waals surface area contributed by atoms with E-state index in [1.807, 2.05) is 0 Å². The molecule has 21 heavy (non-hydrogen) atoms. The molecule has 0 aliphatic carbocycles. The normalized spacial score (nSPS) is 12.1. The van der Waals surface area contributed by atoms with Gasteiger partial charge in [0.25, 0.3) is 0 Å². The molecule has 0 spiro atoms. The summed E-state index contributed by atoms with van der Waals surface area (Å²) in [4.78, 5) is 33.6. The molecule has 0 aliphatic rings. The fourth-order valence-corrected chi connectivity index (χ4v) is 1.34. The number of carbonyl (C=O) groups excluding carboxylic acids is 2. The van der Waals surface area contributed by atoms with Crippen molar-refractivity contribution in [2.75, 3.05) is 0 Å². The quantitative estimate of drug-likeness (QED) is 0.490. The van der Waals surface area contributed by atoms with Gasteiger partial charge in [-0.3, -0.25) is 0 Å². The molecule has 6 heteroatoms. The summed E-state index contributed by atoms with van der Waals surface area (Å²) in [6, 6.07) is 8.27. The predicted molar refractivity (Wildman–Crippen MR) is 73.4 cm³/mol. The average Bonchev–Trinajstić information content (AvgIpc) is 2.45. The Balaban J connectivity index is 2.68. The first-order valence-electron chi connectivity index (χ1n) is 6.28. The van der Waals surface area contributed by atoms with Crippen LogP contribution in [0.1, 0.15) is 24.2 Å². The van der Waals surface area contributed by atoms with Crippen molar-refractivity contribution >= 4 is 17.9 Å². The van der Waals surface area contributed by atoms with E-state index in [4.69, 9.17) is 14.6 Å². The minimum atomic E-state index is -1.27. The summed E-state index contributed by atoms with van der Waals surface area (Å²) in [6.07, 6.45) is 0.316. The lowest BCUT2D eigenvalue weighted by Crippen LogP contribution is -2.28. The molecule has 6 nitrogen and oxygen atoms in total. The number of rotatable bonds is 6. The first-order valence-corrected chi connectivity index (χ1v) is 6.28. The van der Waals surface area contributed by atoms with Crippen LogP contribution in [0, 0.1) is 5.92 Å². The number of carboxylic acid groups (broad SMARTS) is 1. The molecule has 0 fully saturated rings. The highest BCUT2D eigenvalue weighted by molar-refractivity contribution is 5.91. The Morgan fingerprint density at radius 1 is 1.05 bits per heavy atom. The maximum Gasteiger partial charge on any atom is 0.341 e. The lowest BCUT2D eigenvalue weighted by molar-refractivity contribution is -0.170. The van der Waals surface area contributed by atoms with Crippen LogP contribution in [0.2, 0.25) is 0 Å². The van der Waals surface area contributed by atoms with Crippen molar-refractivity contribution in [1.29, 1.82) is 0 Å². The van der Waals surface area contributed by atoms with E-state index in [1.165, 1.54) is 0 Å². The molecule has 0 bridgehead atoms. The molecule has 0 aromatic heterocycles. The van der Waals surface area contributed by atoms with E-state index in [0.717, 1.165) is 6.08 Å². The van der Waals surface area contributed by atoms with Gasteiger partial charge in [0.2, 0.25) is 6.29 Å². The highest BCUT2D eigenvalue weighted by Gasteiger charge is 2.22. The second-order valence-electron chi connectivity index (χ2n) is 4.49. The van der Waals surface area contributed by atoms with E-state index in [1.54, 1.807) is 44.2 Å². The number of ether oxygens (including phenoxy) is 2. The SMILES string of the molecule is CC(C)C(OC(=O)/C=C/C(=O)O)OC(=O)c1ccccc1. The third-order valence-corrected chi connectivity index (χ3v) is 2.37. The lowest BCUT2D eigenvalue weighted by Gasteiger charge is -2.20. The number of aliphatic carboxylic acids is 1. The van der Waals surface area contributed by atoms with E-state index in [0.29, 0.717) is 11.6 Å². The van der Waals surface area contributed by atoms with Crippen molar-refractivity contribution in [2.24, 2.45) is 5.92 Å². The minimum absolute atomic E-state index is 0.278. The van der Waals surface area contributed by atoms with Crippen LogP contribution in [0.15, 0.2) is 42.5 Å². The van der Waals surface area contributed by atoms with Crippen LogP contribution in [0.25, 0.3) is 0 Å². The Hall–Kier alpha value is -2.63. The summed E-state index contributed by atoms with van der Waals surface area (Å²) >= 11 is 0. The van der Waals surface area contributed by atoms with Gasteiger partial charge in [0, 0.05) is 18.1 Å². The molecule has 0 radical (unpaired) electrons. The van der Waals surface area contributed by atoms with Gasteiger partial charge in [-0.25, -0.2) is 14.4 Å². The van der Waals surface area contributed by atoms with Gasteiger partial charge in [0.15, 0.2) is 0 Å². The molecule has 0 saturated heterocycles. The summed E-state index contributed by atoms with van der Waals surface area (Å²) in [5, 5.41) is 8.42. The van der Waals surface area contributed by atoms with E-state index in [-0.39, 0.29) is 5.92 Å². The van der Waals surface area contributed by atoms with Crippen LogP contribution in [0.3, 0.4) is 0 Å². The van der Waals surface area contributed by atoms with Crippen LogP contribution in [-0.2, 0) is 19.1 Å². The highest BCUT2D eigenvalue weighted by Crippen LogP contribution is 2.12. The van der Waals surface area contributed by atoms with Crippen LogP contribution in [0.5, 0.6) is 0 Å². The zero-order valence-corrected chi connectivity index (χ0v) is 11.7. The number of carbonyl (C=O) groups is 3. The number of benzene rings is 1. The smallest absolute Gasteiger partial charge is 0.341 e. The molecule has 0 amide bonds. The third-order valence-electron chi connectivity index (χ3n) is 2.37. The Kier molecular flexibility index (Phi) is 6.13. The maximum absolute atomic E-state index is 11.9. The van der Waals surface area contributed by atoms with Gasteiger partial charge in [0.1, 0.15) is 0 Å². The lowest BCUT2D eigenvalue weighted by atomic mass is 10.2. The maximum atomic E-state index is 11.9. The summed E-state index contributed by atoms with van der Waals surface area (Å²) in [6.45, 7) is 3.41. The molecule has 1 aromatic rings. The van der Waals surface area contributed by atoms with Gasteiger partial charge in [-0.05, 0) is 12.1 Å². The van der Waals surface area contributed by atoms with E-state index >= 15 is 0 Å². The molecule has 0 saturated carbocycles. The van der Waals surface area contributed by atoms with Crippen LogP contribution >= 0.6 is 0 Å². The molecule has 1 unspecified atom stereocenters. The summed E-state index contributed by atoms with van der Waals surface area (Å²) in [5.74, 6) is -3.06. The molecule has 1 aromatic carbocycles. The van der Waals surface area contributed by atoms with Gasteiger partial charge in [-0.2, -0.15) is 0 Å². The Labute approximate surface area is 122 Å². The zero-order chi connectivity index (χ0) is 15.8. The van der Waals surface area contributed by atoms with Crippen molar-refractivity contribution in [3.63, 3.8) is 0 Å². The summed E-state index contributed by atoms with van der Waals surface area (Å²) in [5.41, 5.74) is 0.334. The van der Waals surface area contributed by atoms with Gasteiger partial charge in [0.05, 0.1) is 5.56 Å². The van der Waals surface area contributed by atoms with Gasteiger partial charge < -0.3 is 14.6 Å². The standard InChI is InChI=1S/C15H16O6/c1-10(2)15(20-13(18)9-8-12(16)17)21-14(19)11-6-4-3-5-7-11/h3-10,15H,1-2H3,(H,16,17)/b9-8+. The van der Waals surface area contributed by atoms with Gasteiger partial charge in [-0.15, -0.1) is 0 Å². The number of esters is 2. The average molecular weight is 292 g/mol. The van der Waals surface area contributed by atoms with Crippen molar-refractivity contribution in [2.45, 2.75) is 20.1 Å². The Bertz CT molecular complexity index is 532. The molecule has 1 N–H and O–H groups in total. The Morgan fingerprint density at radius 3 is 2.19 bits per heavy atom. The largest absolute Gasteiger partial charge is 0.478 e. The van der Waals surface area contributed by atoms with Crippen LogP contribution in [-0.4, -0.2) is 29.3 Å². The topological polar surface area (TPSA) is 89.9 Å². The number of carboxylic acids is 1. The molecule has 112 valence electrons. The molecule has 1 rings (SSSR count). The second kappa shape index (κ2) is 7.84. The summed E-state index contributed by atoms with van der Waals surface area (Å²) in [7, 11) is 0. The highest BCUT2D eigenvalue weighted by atomic mass is 16.7. The molecule has 0 aliphatic heterocycles. The minimum Gasteiger partial charge on any atom is -0.478 e. The first kappa shape index (κ1) is 16.4. The van der Waals surface area contributed by atoms with Crippen LogP contribution in [0.4, 0.5) is 0 Å². The van der Waals surface area contributed by atoms with E-state index < -0.39 is 24.2 Å². The predicted octanol–water partition coefficient (Wildman–Crippen LogP) is 2.01. The van der Waals surface area contributed by atoms with Gasteiger partial charge in [-0.1, -0.05) is 32.0 Å². The number of hydrogen-bond acceptors (Lipinski definition) is 5. The van der Waals surface area contributed by atoms with Gasteiger partial charge >= 0.3 is 17.9 Å². The molecule has 0 heterocycles. The summed E-state index contributed by atoms with van der Waals surface area (Å²) < 4.78 is 10.0. The zero-order valence-electron chi connectivity index (χ0n) is 11.7. The molecule has 1 atom stereocenters. The second-order valence-corrected chi connectivity index (χ2v) is 4.49. The van der Waals surface area contributed by atoms with E-state index in [9.17, 15) is 14.4 Å². The Morgan fingerprint density at radius 2 is 1.67 bits per heavy atom. The van der Waals surface area contributed by atoms with E-state index in [2.05, 4.69) is 0 Å². The first-order chi connectivity index (χ1) is 9.90. The molecular weight excluding hydrogens is 276 g/mol. The van der Waals surface area contributed by atoms with Crippen molar-refractivity contribution in [3.8, 4) is 0 Å². The molecular formula is C15H16O6.